The van der Waals surface area contributed by atoms with Gasteiger partial charge in [0.15, 0.2) is 0 Å². The minimum atomic E-state index is -0.807. The lowest BCUT2D eigenvalue weighted by molar-refractivity contribution is 0.0580. The average molecular weight is 382 g/mol. The molecule has 0 N–H and O–H groups in total. The van der Waals surface area contributed by atoms with Crippen molar-refractivity contribution in [1.29, 1.82) is 0 Å². The first kappa shape index (κ1) is 18.8. The third kappa shape index (κ3) is 3.24. The Morgan fingerprint density at radius 1 is 1.07 bits per heavy atom. The molecule has 3 nitrogen and oxygen atoms in total. The van der Waals surface area contributed by atoms with Gasteiger partial charge in [0.25, 0.3) is 5.91 Å². The van der Waals surface area contributed by atoms with Crippen LogP contribution >= 0.6 is 0 Å². The van der Waals surface area contributed by atoms with Gasteiger partial charge in [-0.1, -0.05) is 36.4 Å². The second-order valence-corrected chi connectivity index (χ2v) is 7.78. The van der Waals surface area contributed by atoms with Gasteiger partial charge in [-0.25, -0.2) is 8.78 Å². The van der Waals surface area contributed by atoms with E-state index < -0.39 is 23.1 Å². The predicted molar refractivity (Wildman–Crippen MR) is 105 cm³/mol. The Balaban J connectivity index is 1.68. The quantitative estimate of drug-likeness (QED) is 0.745. The van der Waals surface area contributed by atoms with Crippen LogP contribution in [0.15, 0.2) is 55.1 Å². The molecular formula is C23H24F2N2O. The van der Waals surface area contributed by atoms with E-state index in [1.54, 1.807) is 4.90 Å². The molecule has 1 spiro atoms. The lowest BCUT2D eigenvalue weighted by atomic mass is 9.68. The molecule has 0 aliphatic carbocycles. The second-order valence-electron chi connectivity index (χ2n) is 7.78. The number of amides is 1. The van der Waals surface area contributed by atoms with Crippen molar-refractivity contribution in [3.05, 3.63) is 83.4 Å². The van der Waals surface area contributed by atoms with Crippen molar-refractivity contribution in [2.45, 2.75) is 24.8 Å². The zero-order chi connectivity index (χ0) is 19.7. The summed E-state index contributed by atoms with van der Waals surface area (Å²) in [6, 6.07) is 11.7. The van der Waals surface area contributed by atoms with E-state index in [0.29, 0.717) is 13.1 Å². The molecule has 2 aromatic rings. The Morgan fingerprint density at radius 3 is 2.43 bits per heavy atom. The Bertz CT molecular complexity index is 883. The first-order valence-corrected chi connectivity index (χ1v) is 9.69. The van der Waals surface area contributed by atoms with Gasteiger partial charge in [0.2, 0.25) is 0 Å². The number of hydrogen-bond donors (Lipinski definition) is 0. The molecule has 5 heteroatoms. The summed E-state index contributed by atoms with van der Waals surface area (Å²) in [6.45, 7) is 7.35. The first-order valence-electron chi connectivity index (χ1n) is 9.69. The summed E-state index contributed by atoms with van der Waals surface area (Å²) in [6.07, 6.45) is 3.71. The van der Waals surface area contributed by atoms with Crippen LogP contribution < -0.4 is 0 Å². The first-order chi connectivity index (χ1) is 13.5. The van der Waals surface area contributed by atoms with E-state index in [1.165, 1.54) is 11.6 Å². The van der Waals surface area contributed by atoms with Crippen LogP contribution in [-0.2, 0) is 12.0 Å². The number of piperidine rings is 1. The SMILES string of the molecule is C=CCN1CCC2(CC1)CN(C(=O)c1c(F)cccc1F)Cc1ccccc12. The summed E-state index contributed by atoms with van der Waals surface area (Å²) in [5, 5.41) is 0. The highest BCUT2D eigenvalue weighted by Gasteiger charge is 2.43. The van der Waals surface area contributed by atoms with Gasteiger partial charge in [-0.05, 0) is 49.2 Å². The zero-order valence-electron chi connectivity index (χ0n) is 15.8. The number of carbonyl (C=O) groups excluding carboxylic acids is 1. The maximum Gasteiger partial charge on any atom is 0.260 e. The molecule has 1 amide bonds. The molecular weight excluding hydrogens is 358 g/mol. The number of nitrogens with zero attached hydrogens (tertiary/aromatic N) is 2. The minimum Gasteiger partial charge on any atom is -0.333 e. The number of halogens is 2. The summed E-state index contributed by atoms with van der Waals surface area (Å²) in [5.74, 6) is -2.18. The summed E-state index contributed by atoms with van der Waals surface area (Å²) in [5.41, 5.74) is 1.70. The Kier molecular flexibility index (Phi) is 5.02. The van der Waals surface area contributed by atoms with Gasteiger partial charge >= 0.3 is 0 Å². The highest BCUT2D eigenvalue weighted by Crippen LogP contribution is 2.42. The van der Waals surface area contributed by atoms with Crippen LogP contribution in [0.4, 0.5) is 8.78 Å². The van der Waals surface area contributed by atoms with Crippen LogP contribution in [0.1, 0.15) is 34.3 Å². The number of rotatable bonds is 3. The number of benzene rings is 2. The fourth-order valence-corrected chi connectivity index (χ4v) is 4.67. The van der Waals surface area contributed by atoms with Gasteiger partial charge in [-0.3, -0.25) is 9.69 Å². The summed E-state index contributed by atoms with van der Waals surface area (Å²) >= 11 is 0. The number of hydrogen-bond acceptors (Lipinski definition) is 2. The van der Waals surface area contributed by atoms with Crippen LogP contribution in [0.3, 0.4) is 0 Å². The summed E-state index contributed by atoms with van der Waals surface area (Å²) in [7, 11) is 0. The van der Waals surface area contributed by atoms with E-state index in [1.807, 2.05) is 24.3 Å². The molecule has 0 saturated carbocycles. The normalized spacial score (nSPS) is 18.7. The molecule has 146 valence electrons. The smallest absolute Gasteiger partial charge is 0.260 e. The van der Waals surface area contributed by atoms with E-state index in [0.717, 1.165) is 50.2 Å². The molecule has 0 atom stereocenters. The summed E-state index contributed by atoms with van der Waals surface area (Å²) < 4.78 is 28.4. The molecule has 2 aliphatic rings. The molecule has 2 aromatic carbocycles. The molecule has 0 unspecified atom stereocenters. The molecule has 0 radical (unpaired) electrons. The third-order valence-electron chi connectivity index (χ3n) is 6.11. The fourth-order valence-electron chi connectivity index (χ4n) is 4.67. The van der Waals surface area contributed by atoms with E-state index >= 15 is 0 Å². The molecule has 1 fully saturated rings. The van der Waals surface area contributed by atoms with Crippen molar-refractivity contribution in [3.8, 4) is 0 Å². The van der Waals surface area contributed by atoms with Gasteiger partial charge in [-0.15, -0.1) is 6.58 Å². The molecule has 0 aromatic heterocycles. The van der Waals surface area contributed by atoms with Gasteiger partial charge in [0, 0.05) is 25.0 Å². The van der Waals surface area contributed by atoms with Crippen LogP contribution in [0, 0.1) is 11.6 Å². The van der Waals surface area contributed by atoms with Crippen molar-refractivity contribution >= 4 is 5.91 Å². The van der Waals surface area contributed by atoms with E-state index in [4.69, 9.17) is 0 Å². The largest absolute Gasteiger partial charge is 0.333 e. The van der Waals surface area contributed by atoms with Gasteiger partial charge in [0.05, 0.1) is 0 Å². The van der Waals surface area contributed by atoms with Crippen LogP contribution in [-0.4, -0.2) is 41.9 Å². The number of carbonyl (C=O) groups is 1. The van der Waals surface area contributed by atoms with E-state index in [-0.39, 0.29) is 5.41 Å². The Morgan fingerprint density at radius 2 is 1.75 bits per heavy atom. The van der Waals surface area contributed by atoms with Crippen LogP contribution in [0.2, 0.25) is 0 Å². The fraction of sp³-hybridized carbons (Fsp3) is 0.348. The van der Waals surface area contributed by atoms with Crippen LogP contribution in [0.25, 0.3) is 0 Å². The van der Waals surface area contributed by atoms with Gasteiger partial charge in [0.1, 0.15) is 17.2 Å². The minimum absolute atomic E-state index is 0.177. The second kappa shape index (κ2) is 7.47. The van der Waals surface area contributed by atoms with E-state index in [9.17, 15) is 13.6 Å². The monoisotopic (exact) mass is 382 g/mol. The highest BCUT2D eigenvalue weighted by atomic mass is 19.1. The standard InChI is InChI=1S/C23H24F2N2O/c1-2-12-26-13-10-23(11-14-26)16-27(15-17-6-3-4-7-18(17)23)22(28)21-19(24)8-5-9-20(21)25/h2-9H,1,10-16H2. The van der Waals surface area contributed by atoms with Crippen molar-refractivity contribution in [2.24, 2.45) is 0 Å². The zero-order valence-corrected chi connectivity index (χ0v) is 15.8. The maximum atomic E-state index is 14.2. The van der Waals surface area contributed by atoms with E-state index in [2.05, 4.69) is 17.5 Å². The summed E-state index contributed by atoms with van der Waals surface area (Å²) in [4.78, 5) is 17.0. The molecule has 2 heterocycles. The van der Waals surface area contributed by atoms with Gasteiger partial charge in [-0.2, -0.15) is 0 Å². The highest BCUT2D eigenvalue weighted by molar-refractivity contribution is 5.95. The van der Waals surface area contributed by atoms with Gasteiger partial charge < -0.3 is 4.90 Å². The van der Waals surface area contributed by atoms with Crippen molar-refractivity contribution < 1.29 is 13.6 Å². The predicted octanol–water partition coefficient (Wildman–Crippen LogP) is 4.14. The Hall–Kier alpha value is -2.53. The molecule has 0 bridgehead atoms. The average Bonchev–Trinajstić information content (AvgIpc) is 2.70. The molecule has 4 rings (SSSR count). The van der Waals surface area contributed by atoms with Crippen molar-refractivity contribution in [2.75, 3.05) is 26.2 Å². The Labute approximate surface area is 164 Å². The van der Waals surface area contributed by atoms with Crippen molar-refractivity contribution in [3.63, 3.8) is 0 Å². The maximum absolute atomic E-state index is 14.2. The molecule has 1 saturated heterocycles. The lowest BCUT2D eigenvalue weighted by Gasteiger charge is -2.48. The molecule has 28 heavy (non-hydrogen) atoms. The molecule has 2 aliphatic heterocycles. The number of likely N-dealkylation sites (tertiary alicyclic amines) is 1. The third-order valence-corrected chi connectivity index (χ3v) is 6.11. The van der Waals surface area contributed by atoms with Crippen molar-refractivity contribution in [1.82, 2.24) is 9.80 Å². The topological polar surface area (TPSA) is 23.6 Å². The number of fused-ring (bicyclic) bond motifs is 2. The lowest BCUT2D eigenvalue weighted by Crippen LogP contribution is -2.53. The van der Waals surface area contributed by atoms with Crippen LogP contribution in [0.5, 0.6) is 0 Å².